The summed E-state index contributed by atoms with van der Waals surface area (Å²) in [6.07, 6.45) is 0.0452. The highest BCUT2D eigenvalue weighted by Gasteiger charge is 2.40. The smallest absolute Gasteiger partial charge is 0.344 e. The van der Waals surface area contributed by atoms with E-state index in [1.807, 2.05) is 0 Å². The number of thiazole rings is 1. The summed E-state index contributed by atoms with van der Waals surface area (Å²) in [5.41, 5.74) is -0.431. The van der Waals surface area contributed by atoms with Gasteiger partial charge in [-0.25, -0.2) is 9.78 Å². The van der Waals surface area contributed by atoms with Crippen molar-refractivity contribution in [3.8, 4) is 5.75 Å². The number of carboxylic acids is 1. The van der Waals surface area contributed by atoms with Crippen LogP contribution in [0.15, 0.2) is 34.2 Å². The third kappa shape index (κ3) is 3.38. The Morgan fingerprint density at radius 2 is 2.24 bits per heavy atom. The molecule has 21 heavy (non-hydrogen) atoms. The van der Waals surface area contributed by atoms with E-state index in [0.717, 1.165) is 11.3 Å². The molecule has 0 radical (unpaired) electrons. The van der Waals surface area contributed by atoms with E-state index in [1.54, 1.807) is 0 Å². The van der Waals surface area contributed by atoms with Gasteiger partial charge >= 0.3 is 11.9 Å². The lowest BCUT2D eigenvalue weighted by atomic mass is 10.1. The first-order valence-electron chi connectivity index (χ1n) is 5.79. The molecule has 0 aliphatic rings. The van der Waals surface area contributed by atoms with Gasteiger partial charge in [0.25, 0.3) is 0 Å². The van der Waals surface area contributed by atoms with Crippen LogP contribution in [-0.2, 0) is 10.7 Å². The van der Waals surface area contributed by atoms with Crippen molar-refractivity contribution in [2.24, 2.45) is 0 Å². The maximum atomic E-state index is 14.5. The summed E-state index contributed by atoms with van der Waals surface area (Å²) >= 11 is 3.94. The van der Waals surface area contributed by atoms with Crippen LogP contribution in [0.25, 0.3) is 0 Å². The van der Waals surface area contributed by atoms with Crippen LogP contribution in [-0.4, -0.2) is 22.2 Å². The van der Waals surface area contributed by atoms with Gasteiger partial charge in [0, 0.05) is 16.0 Å². The standard InChI is InChI=1S/C13H10BrF2NO3S/c1-7(11(18)19)20-10-3-2-8(14)6-9(10)13(15,16)12-17-4-5-21-12/h2-7H,1H3,(H,18,19)/t7-/m0/s1. The van der Waals surface area contributed by atoms with Crippen LogP contribution in [0.1, 0.15) is 17.5 Å². The molecule has 0 bridgehead atoms. The number of carbonyl (C=O) groups is 1. The molecule has 0 unspecified atom stereocenters. The molecule has 8 heteroatoms. The zero-order valence-corrected chi connectivity index (χ0v) is 13.1. The Kier molecular flexibility index (Phi) is 4.58. The van der Waals surface area contributed by atoms with Gasteiger partial charge in [0.1, 0.15) is 5.75 Å². The average Bonchev–Trinajstić information content (AvgIpc) is 2.95. The average molecular weight is 378 g/mol. The summed E-state index contributed by atoms with van der Waals surface area (Å²) in [7, 11) is 0. The highest BCUT2D eigenvalue weighted by atomic mass is 79.9. The van der Waals surface area contributed by atoms with Gasteiger partial charge < -0.3 is 9.84 Å². The van der Waals surface area contributed by atoms with Crippen molar-refractivity contribution >= 4 is 33.2 Å². The second-order valence-corrected chi connectivity index (χ2v) is 5.96. The highest BCUT2D eigenvalue weighted by Crippen LogP contribution is 2.42. The highest BCUT2D eigenvalue weighted by molar-refractivity contribution is 9.10. The van der Waals surface area contributed by atoms with E-state index >= 15 is 0 Å². The minimum atomic E-state index is -3.37. The number of rotatable bonds is 5. The van der Waals surface area contributed by atoms with Crippen molar-refractivity contribution in [2.75, 3.05) is 0 Å². The van der Waals surface area contributed by atoms with E-state index < -0.39 is 23.6 Å². The van der Waals surface area contributed by atoms with Gasteiger partial charge in [-0.15, -0.1) is 11.3 Å². The van der Waals surface area contributed by atoms with E-state index in [4.69, 9.17) is 9.84 Å². The van der Waals surface area contributed by atoms with Gasteiger partial charge in [-0.3, -0.25) is 0 Å². The molecule has 1 atom stereocenters. The van der Waals surface area contributed by atoms with Gasteiger partial charge in [-0.2, -0.15) is 8.78 Å². The fourth-order valence-electron chi connectivity index (χ4n) is 1.58. The summed E-state index contributed by atoms with van der Waals surface area (Å²) < 4.78 is 34.6. The monoisotopic (exact) mass is 377 g/mol. The molecule has 1 aromatic heterocycles. The summed E-state index contributed by atoms with van der Waals surface area (Å²) in [5.74, 6) is -4.79. The minimum Gasteiger partial charge on any atom is -0.479 e. The predicted octanol–water partition coefficient (Wildman–Crippen LogP) is 3.90. The lowest BCUT2D eigenvalue weighted by molar-refractivity contribution is -0.144. The molecule has 0 saturated heterocycles. The number of halogens is 3. The van der Waals surface area contributed by atoms with Gasteiger partial charge in [-0.05, 0) is 25.1 Å². The fourth-order valence-corrected chi connectivity index (χ4v) is 2.58. The number of nitrogens with zero attached hydrogens (tertiary/aromatic N) is 1. The Labute approximate surface area is 131 Å². The predicted molar refractivity (Wildman–Crippen MR) is 77.0 cm³/mol. The number of hydrogen-bond donors (Lipinski definition) is 1. The molecule has 2 rings (SSSR count). The molecule has 0 aliphatic carbocycles. The van der Waals surface area contributed by atoms with Crippen molar-refractivity contribution in [1.29, 1.82) is 0 Å². The van der Waals surface area contributed by atoms with Crippen molar-refractivity contribution in [3.63, 3.8) is 0 Å². The summed E-state index contributed by atoms with van der Waals surface area (Å²) in [6.45, 7) is 1.27. The Bertz CT molecular complexity index is 649. The van der Waals surface area contributed by atoms with Crippen LogP contribution >= 0.6 is 27.3 Å². The van der Waals surface area contributed by atoms with Crippen LogP contribution in [0.3, 0.4) is 0 Å². The van der Waals surface area contributed by atoms with Crippen molar-refractivity contribution < 1.29 is 23.4 Å². The Morgan fingerprint density at radius 1 is 1.52 bits per heavy atom. The molecule has 1 heterocycles. The maximum absolute atomic E-state index is 14.5. The van der Waals surface area contributed by atoms with Gasteiger partial charge in [0.2, 0.25) is 0 Å². The largest absolute Gasteiger partial charge is 0.479 e. The minimum absolute atomic E-state index is 0.187. The molecule has 4 nitrogen and oxygen atoms in total. The number of aliphatic carboxylic acids is 1. The molecule has 0 amide bonds. The number of benzene rings is 1. The van der Waals surface area contributed by atoms with E-state index in [-0.39, 0.29) is 10.8 Å². The molecule has 0 fully saturated rings. The second-order valence-electron chi connectivity index (χ2n) is 4.15. The van der Waals surface area contributed by atoms with Gasteiger partial charge in [0.05, 0.1) is 5.56 Å². The zero-order valence-electron chi connectivity index (χ0n) is 10.7. The fraction of sp³-hybridized carbons (Fsp3) is 0.231. The molecule has 2 aromatic rings. The molecule has 1 N–H and O–H groups in total. The first kappa shape index (κ1) is 15.8. The topological polar surface area (TPSA) is 59.4 Å². The van der Waals surface area contributed by atoms with E-state index in [2.05, 4.69) is 20.9 Å². The van der Waals surface area contributed by atoms with Gasteiger partial charge in [-0.1, -0.05) is 15.9 Å². The van der Waals surface area contributed by atoms with E-state index in [0.29, 0.717) is 4.47 Å². The molecular formula is C13H10BrF2NO3S. The van der Waals surface area contributed by atoms with Crippen LogP contribution in [0.4, 0.5) is 8.78 Å². The number of ether oxygens (including phenoxy) is 1. The summed E-state index contributed by atoms with van der Waals surface area (Å²) in [4.78, 5) is 14.5. The molecule has 1 aromatic carbocycles. The van der Waals surface area contributed by atoms with Crippen molar-refractivity contribution in [3.05, 3.63) is 44.8 Å². The Hall–Kier alpha value is -1.54. The lowest BCUT2D eigenvalue weighted by Gasteiger charge is -2.20. The van der Waals surface area contributed by atoms with Crippen LogP contribution in [0.5, 0.6) is 5.75 Å². The second kappa shape index (κ2) is 6.07. The van der Waals surface area contributed by atoms with Crippen molar-refractivity contribution in [2.45, 2.75) is 19.0 Å². The normalized spacial score (nSPS) is 13.0. The first-order valence-corrected chi connectivity index (χ1v) is 7.47. The van der Waals surface area contributed by atoms with E-state index in [1.165, 1.54) is 36.7 Å². The zero-order chi connectivity index (χ0) is 15.6. The maximum Gasteiger partial charge on any atom is 0.344 e. The van der Waals surface area contributed by atoms with Crippen LogP contribution < -0.4 is 4.74 Å². The van der Waals surface area contributed by atoms with Crippen LogP contribution in [0, 0.1) is 0 Å². The number of alkyl halides is 2. The third-order valence-corrected chi connectivity index (χ3v) is 3.97. The molecule has 112 valence electrons. The van der Waals surface area contributed by atoms with E-state index in [9.17, 15) is 13.6 Å². The number of hydrogen-bond acceptors (Lipinski definition) is 4. The molecule has 0 saturated carbocycles. The molecular weight excluding hydrogens is 368 g/mol. The Morgan fingerprint density at radius 3 is 2.81 bits per heavy atom. The number of carboxylic acid groups (broad SMARTS) is 1. The van der Waals surface area contributed by atoms with Crippen molar-refractivity contribution in [1.82, 2.24) is 4.98 Å². The SMILES string of the molecule is C[C@H](Oc1ccc(Br)cc1C(F)(F)c1nccs1)C(=O)O. The number of aromatic nitrogens is 1. The quantitative estimate of drug-likeness (QED) is 0.858. The summed E-state index contributed by atoms with van der Waals surface area (Å²) in [5, 5.41) is 9.91. The first-order chi connectivity index (χ1) is 9.82. The summed E-state index contributed by atoms with van der Waals surface area (Å²) in [6, 6.07) is 4.01. The molecule has 0 aliphatic heterocycles. The van der Waals surface area contributed by atoms with Gasteiger partial charge in [0.15, 0.2) is 11.1 Å². The lowest BCUT2D eigenvalue weighted by Crippen LogP contribution is -2.25. The van der Waals surface area contributed by atoms with Crippen LogP contribution in [0.2, 0.25) is 0 Å². The molecule has 0 spiro atoms. The Balaban J connectivity index is 2.47. The third-order valence-electron chi connectivity index (χ3n) is 2.63.